The molecule has 4 atom stereocenters. The third kappa shape index (κ3) is 2.84. The Morgan fingerprint density at radius 1 is 1.42 bits per heavy atom. The molecule has 0 aliphatic carbocycles. The van der Waals surface area contributed by atoms with Gasteiger partial charge in [0, 0.05) is 6.54 Å². The van der Waals surface area contributed by atoms with Crippen LogP contribution in [0.1, 0.15) is 13.2 Å². The highest BCUT2D eigenvalue weighted by atomic mass is 16.6. The lowest BCUT2D eigenvalue weighted by molar-refractivity contribution is -0.0340. The molecule has 3 rings (SSSR count). The molecule has 1 saturated heterocycles. The SMILES string of the molecule is CCOC(=O)NCC1OC(n2cnc3c(N)ncnc32)C(O)C1O. The summed E-state index contributed by atoms with van der Waals surface area (Å²) in [6, 6.07) is 0. The number of aliphatic hydroxyl groups is 2. The van der Waals surface area contributed by atoms with Gasteiger partial charge < -0.3 is 30.7 Å². The number of nitrogens with two attached hydrogens (primary N) is 1. The van der Waals surface area contributed by atoms with Crippen molar-refractivity contribution in [3.63, 3.8) is 0 Å². The van der Waals surface area contributed by atoms with Crippen LogP contribution < -0.4 is 11.1 Å². The van der Waals surface area contributed by atoms with Crippen LogP contribution in [-0.4, -0.2) is 67.3 Å². The summed E-state index contributed by atoms with van der Waals surface area (Å²) in [6.45, 7) is 1.89. The molecule has 5 N–H and O–H groups in total. The average molecular weight is 338 g/mol. The van der Waals surface area contributed by atoms with Crippen LogP contribution in [-0.2, 0) is 9.47 Å². The van der Waals surface area contributed by atoms with E-state index < -0.39 is 30.6 Å². The van der Waals surface area contributed by atoms with E-state index in [1.165, 1.54) is 17.2 Å². The second-order valence-electron chi connectivity index (χ2n) is 5.23. The number of nitrogen functional groups attached to an aromatic ring is 1. The number of nitrogens with one attached hydrogen (secondary N) is 1. The zero-order valence-electron chi connectivity index (χ0n) is 12.9. The minimum atomic E-state index is -1.23. The predicted octanol–water partition coefficient (Wildman–Crippen LogP) is -1.23. The number of nitrogens with zero attached hydrogens (tertiary/aromatic N) is 4. The fraction of sp³-hybridized carbons (Fsp3) is 0.538. The Kier molecular flexibility index (Phi) is 4.46. The van der Waals surface area contributed by atoms with Gasteiger partial charge >= 0.3 is 6.09 Å². The first-order chi connectivity index (χ1) is 11.5. The summed E-state index contributed by atoms with van der Waals surface area (Å²) in [5.74, 6) is 0.201. The Morgan fingerprint density at radius 2 is 2.21 bits per heavy atom. The molecule has 11 nitrogen and oxygen atoms in total. The molecule has 2 aromatic rings. The van der Waals surface area contributed by atoms with Crippen LogP contribution >= 0.6 is 0 Å². The maximum atomic E-state index is 11.3. The molecular weight excluding hydrogens is 320 g/mol. The summed E-state index contributed by atoms with van der Waals surface area (Å²) in [5.41, 5.74) is 6.47. The maximum absolute atomic E-state index is 11.3. The third-order valence-corrected chi connectivity index (χ3v) is 3.72. The normalized spacial score (nSPS) is 26.6. The highest BCUT2D eigenvalue weighted by Gasteiger charge is 2.44. The van der Waals surface area contributed by atoms with Gasteiger partial charge in [0.05, 0.1) is 12.9 Å². The molecule has 1 aliphatic heterocycles. The monoisotopic (exact) mass is 338 g/mol. The van der Waals surface area contributed by atoms with E-state index in [1.807, 2.05) is 0 Å². The van der Waals surface area contributed by atoms with Crippen molar-refractivity contribution in [1.82, 2.24) is 24.8 Å². The predicted molar refractivity (Wildman–Crippen MR) is 80.7 cm³/mol. The molecule has 11 heteroatoms. The van der Waals surface area contributed by atoms with E-state index in [-0.39, 0.29) is 19.0 Å². The van der Waals surface area contributed by atoms with Crippen molar-refractivity contribution in [1.29, 1.82) is 0 Å². The summed E-state index contributed by atoms with van der Waals surface area (Å²) in [7, 11) is 0. The van der Waals surface area contributed by atoms with Gasteiger partial charge in [-0.1, -0.05) is 0 Å². The van der Waals surface area contributed by atoms with Crippen LogP contribution in [0.25, 0.3) is 11.2 Å². The van der Waals surface area contributed by atoms with Crippen molar-refractivity contribution in [2.75, 3.05) is 18.9 Å². The van der Waals surface area contributed by atoms with Crippen molar-refractivity contribution in [2.24, 2.45) is 0 Å². The van der Waals surface area contributed by atoms with Crippen LogP contribution in [0.5, 0.6) is 0 Å². The number of hydrogen-bond acceptors (Lipinski definition) is 9. The Morgan fingerprint density at radius 3 is 2.96 bits per heavy atom. The third-order valence-electron chi connectivity index (χ3n) is 3.72. The Bertz CT molecular complexity index is 737. The van der Waals surface area contributed by atoms with Crippen molar-refractivity contribution in [3.8, 4) is 0 Å². The number of alkyl carbamates (subject to hydrolysis) is 1. The number of rotatable bonds is 4. The number of amides is 1. The van der Waals surface area contributed by atoms with Crippen molar-refractivity contribution >= 4 is 23.1 Å². The van der Waals surface area contributed by atoms with E-state index in [2.05, 4.69) is 20.3 Å². The molecule has 1 amide bonds. The number of carbonyl (C=O) groups is 1. The van der Waals surface area contributed by atoms with Gasteiger partial charge in [0.2, 0.25) is 0 Å². The first-order valence-corrected chi connectivity index (χ1v) is 7.38. The topological polar surface area (TPSA) is 158 Å². The van der Waals surface area contributed by atoms with E-state index in [9.17, 15) is 15.0 Å². The summed E-state index contributed by atoms with van der Waals surface area (Å²) < 4.78 is 11.9. The molecule has 1 aliphatic rings. The Labute approximate surface area is 136 Å². The van der Waals surface area contributed by atoms with E-state index in [0.717, 1.165) is 0 Å². The van der Waals surface area contributed by atoms with E-state index in [1.54, 1.807) is 6.92 Å². The zero-order valence-corrected chi connectivity index (χ0v) is 12.9. The van der Waals surface area contributed by atoms with Crippen LogP contribution in [0.15, 0.2) is 12.7 Å². The van der Waals surface area contributed by atoms with Gasteiger partial charge in [-0.15, -0.1) is 0 Å². The average Bonchev–Trinajstić information content (AvgIpc) is 3.10. The molecule has 0 bridgehead atoms. The zero-order chi connectivity index (χ0) is 17.3. The quantitative estimate of drug-likeness (QED) is 0.536. The first kappa shape index (κ1) is 16.4. The number of fused-ring (bicyclic) bond motifs is 1. The summed E-state index contributed by atoms with van der Waals surface area (Å²) in [4.78, 5) is 23.3. The number of aromatic nitrogens is 4. The highest BCUT2D eigenvalue weighted by Crippen LogP contribution is 2.31. The van der Waals surface area contributed by atoms with Crippen LogP contribution in [0.2, 0.25) is 0 Å². The van der Waals surface area contributed by atoms with E-state index >= 15 is 0 Å². The molecule has 0 spiro atoms. The molecule has 4 unspecified atom stereocenters. The van der Waals surface area contributed by atoms with E-state index in [0.29, 0.717) is 11.2 Å². The molecular formula is C13H18N6O5. The lowest BCUT2D eigenvalue weighted by Gasteiger charge is -2.16. The summed E-state index contributed by atoms with van der Waals surface area (Å²) in [5, 5.41) is 22.9. The minimum absolute atomic E-state index is 0.0166. The summed E-state index contributed by atoms with van der Waals surface area (Å²) in [6.07, 6.45) is -2.12. The number of aliphatic hydroxyl groups excluding tert-OH is 2. The van der Waals surface area contributed by atoms with Gasteiger partial charge in [-0.3, -0.25) is 4.57 Å². The van der Waals surface area contributed by atoms with E-state index in [4.69, 9.17) is 15.2 Å². The number of hydrogen-bond donors (Lipinski definition) is 4. The van der Waals surface area contributed by atoms with Gasteiger partial charge in [-0.25, -0.2) is 19.7 Å². The van der Waals surface area contributed by atoms with Crippen molar-refractivity contribution < 1.29 is 24.5 Å². The Balaban J connectivity index is 1.77. The van der Waals surface area contributed by atoms with Gasteiger partial charge in [0.1, 0.15) is 30.2 Å². The molecule has 24 heavy (non-hydrogen) atoms. The molecule has 2 aromatic heterocycles. The smallest absolute Gasteiger partial charge is 0.407 e. The molecule has 0 aromatic carbocycles. The van der Waals surface area contributed by atoms with Gasteiger partial charge in [0.15, 0.2) is 17.7 Å². The molecule has 3 heterocycles. The van der Waals surface area contributed by atoms with Crippen LogP contribution in [0.4, 0.5) is 10.6 Å². The highest BCUT2D eigenvalue weighted by molar-refractivity contribution is 5.81. The van der Waals surface area contributed by atoms with Gasteiger partial charge in [0.25, 0.3) is 0 Å². The number of imidazole rings is 1. The van der Waals surface area contributed by atoms with Crippen LogP contribution in [0, 0.1) is 0 Å². The fourth-order valence-electron chi connectivity index (χ4n) is 2.55. The van der Waals surface area contributed by atoms with Gasteiger partial charge in [-0.2, -0.15) is 0 Å². The Hall–Kier alpha value is -2.50. The van der Waals surface area contributed by atoms with Crippen molar-refractivity contribution in [3.05, 3.63) is 12.7 Å². The molecule has 1 fully saturated rings. The summed E-state index contributed by atoms with van der Waals surface area (Å²) >= 11 is 0. The fourth-order valence-corrected chi connectivity index (χ4v) is 2.55. The number of anilines is 1. The first-order valence-electron chi connectivity index (χ1n) is 7.38. The largest absolute Gasteiger partial charge is 0.450 e. The lowest BCUT2D eigenvalue weighted by atomic mass is 10.1. The second kappa shape index (κ2) is 6.55. The number of carbonyl (C=O) groups excluding carboxylic acids is 1. The molecule has 0 radical (unpaired) electrons. The van der Waals surface area contributed by atoms with Crippen LogP contribution in [0.3, 0.4) is 0 Å². The minimum Gasteiger partial charge on any atom is -0.450 e. The van der Waals surface area contributed by atoms with Crippen molar-refractivity contribution in [2.45, 2.75) is 31.5 Å². The van der Waals surface area contributed by atoms with Gasteiger partial charge in [-0.05, 0) is 6.92 Å². The maximum Gasteiger partial charge on any atom is 0.407 e. The second-order valence-corrected chi connectivity index (χ2v) is 5.23. The number of ether oxygens (including phenoxy) is 2. The lowest BCUT2D eigenvalue weighted by Crippen LogP contribution is -2.40. The standard InChI is InChI=1S/C13H18N6O5/c1-2-23-13(22)15-3-6-8(20)9(21)12(24-6)19-5-18-7-10(14)16-4-17-11(7)19/h4-6,8-9,12,20-21H,2-3H2,1H3,(H,15,22)(H2,14,16,17). The molecule has 130 valence electrons. The molecule has 0 saturated carbocycles.